The summed E-state index contributed by atoms with van der Waals surface area (Å²) < 4.78 is 2.04. The Balaban J connectivity index is 1.39. The summed E-state index contributed by atoms with van der Waals surface area (Å²) in [6.07, 6.45) is 12.1. The van der Waals surface area contributed by atoms with Crippen molar-refractivity contribution in [3.8, 4) is 0 Å². The average molecular weight is 364 g/mol. The Hall–Kier alpha value is -2.21. The number of rotatable bonds is 5. The van der Waals surface area contributed by atoms with E-state index in [0.717, 1.165) is 38.5 Å². The first-order valence-corrected chi connectivity index (χ1v) is 10.2. The first-order valence-electron chi connectivity index (χ1n) is 10.2. The largest absolute Gasteiger partial charge is 0.341 e. The van der Waals surface area contributed by atoms with Crippen LogP contribution in [0.5, 0.6) is 0 Å². The monoisotopic (exact) mass is 364 g/mol. The van der Waals surface area contributed by atoms with Gasteiger partial charge in [-0.3, -0.25) is 9.58 Å². The summed E-state index contributed by atoms with van der Waals surface area (Å²) in [5.41, 5.74) is 5.21. The Labute approximate surface area is 160 Å². The molecule has 5 heterocycles. The molecule has 142 valence electrons. The van der Waals surface area contributed by atoms with Gasteiger partial charge in [0.05, 0.1) is 18.4 Å². The number of nitrogens with zero attached hydrogens (tertiary/aromatic N) is 6. The summed E-state index contributed by atoms with van der Waals surface area (Å²) in [7, 11) is 0. The molecule has 2 bridgehead atoms. The highest BCUT2D eigenvalue weighted by Crippen LogP contribution is 2.44. The van der Waals surface area contributed by atoms with Gasteiger partial charge in [0.1, 0.15) is 0 Å². The summed E-state index contributed by atoms with van der Waals surface area (Å²) in [4.78, 5) is 14.7. The Bertz CT molecular complexity index is 850. The molecule has 3 aliphatic rings. The van der Waals surface area contributed by atoms with Crippen molar-refractivity contribution < 1.29 is 0 Å². The van der Waals surface area contributed by atoms with Crippen LogP contribution >= 0.6 is 0 Å². The lowest BCUT2D eigenvalue weighted by atomic mass is 9.98. The predicted molar refractivity (Wildman–Crippen MR) is 106 cm³/mol. The molecule has 0 saturated carbocycles. The molecule has 2 aromatic rings. The maximum atomic E-state index is 4.98. The van der Waals surface area contributed by atoms with Crippen molar-refractivity contribution in [3.63, 3.8) is 0 Å². The van der Waals surface area contributed by atoms with E-state index in [4.69, 9.17) is 9.97 Å². The zero-order chi connectivity index (χ0) is 18.4. The van der Waals surface area contributed by atoms with Crippen molar-refractivity contribution in [2.45, 2.75) is 64.2 Å². The molecule has 0 amide bonds. The van der Waals surface area contributed by atoms with Crippen molar-refractivity contribution in [3.05, 3.63) is 47.6 Å². The van der Waals surface area contributed by atoms with E-state index in [1.54, 1.807) is 0 Å². The minimum atomic E-state index is 0.452. The lowest BCUT2D eigenvalue weighted by molar-refractivity contribution is 0.166. The fourth-order valence-electron chi connectivity index (χ4n) is 5.02. The van der Waals surface area contributed by atoms with Gasteiger partial charge in [0.15, 0.2) is 0 Å². The maximum absolute atomic E-state index is 4.98. The van der Waals surface area contributed by atoms with Gasteiger partial charge in [0.25, 0.3) is 0 Å². The first-order chi connectivity index (χ1) is 13.2. The highest BCUT2D eigenvalue weighted by Gasteiger charge is 2.41. The van der Waals surface area contributed by atoms with Crippen molar-refractivity contribution in [1.29, 1.82) is 0 Å². The SMILES string of the molecule is C=CCn1ncc(CN2[C@H]3CC[C@H]2c2cnc(N4CCCC4)nc2C3)c1C. The standard InChI is InChI=1S/C21H28N6/c1-3-8-27-15(2)16(12-23-27)14-26-17-6-7-20(26)18-13-22-21(24-19(18)11-17)25-9-4-5-10-25/h3,12-13,17,20H,1,4-11,14H2,2H3/t17-,20-/m0/s1. The molecule has 3 aliphatic heterocycles. The van der Waals surface area contributed by atoms with E-state index in [-0.39, 0.29) is 0 Å². The van der Waals surface area contributed by atoms with E-state index in [9.17, 15) is 0 Å². The second-order valence-corrected chi connectivity index (χ2v) is 8.12. The Morgan fingerprint density at radius 2 is 2.07 bits per heavy atom. The second-order valence-electron chi connectivity index (χ2n) is 8.12. The zero-order valence-corrected chi connectivity index (χ0v) is 16.1. The van der Waals surface area contributed by atoms with Crippen molar-refractivity contribution in [2.75, 3.05) is 18.0 Å². The van der Waals surface area contributed by atoms with Gasteiger partial charge in [0, 0.05) is 61.2 Å². The third-order valence-corrected chi connectivity index (χ3v) is 6.57. The minimum Gasteiger partial charge on any atom is -0.341 e. The second kappa shape index (κ2) is 6.75. The normalized spacial score (nSPS) is 24.4. The topological polar surface area (TPSA) is 50.1 Å². The molecule has 5 rings (SSSR count). The summed E-state index contributed by atoms with van der Waals surface area (Å²) in [6, 6.07) is 1.04. The van der Waals surface area contributed by atoms with Gasteiger partial charge in [0.2, 0.25) is 5.95 Å². The molecular weight excluding hydrogens is 336 g/mol. The molecule has 0 unspecified atom stereocenters. The lowest BCUT2D eigenvalue weighted by Gasteiger charge is -2.35. The van der Waals surface area contributed by atoms with Gasteiger partial charge in [-0.05, 0) is 32.6 Å². The average Bonchev–Trinajstić information content (AvgIpc) is 3.38. The van der Waals surface area contributed by atoms with Crippen molar-refractivity contribution >= 4 is 5.95 Å². The molecule has 0 spiro atoms. The summed E-state index contributed by atoms with van der Waals surface area (Å²) in [5, 5.41) is 4.53. The molecule has 2 atom stereocenters. The van der Waals surface area contributed by atoms with E-state index in [1.807, 2.05) is 17.0 Å². The zero-order valence-electron chi connectivity index (χ0n) is 16.1. The van der Waals surface area contributed by atoms with Gasteiger partial charge in [-0.25, -0.2) is 9.97 Å². The summed E-state index contributed by atoms with van der Waals surface area (Å²) in [6.45, 7) is 9.93. The fraction of sp³-hybridized carbons (Fsp3) is 0.571. The molecule has 0 radical (unpaired) electrons. The Morgan fingerprint density at radius 1 is 1.22 bits per heavy atom. The quantitative estimate of drug-likeness (QED) is 0.764. The predicted octanol–water partition coefficient (Wildman–Crippen LogP) is 3.03. The van der Waals surface area contributed by atoms with Crippen LogP contribution in [0.4, 0.5) is 5.95 Å². The van der Waals surface area contributed by atoms with Crippen LogP contribution in [0.1, 0.15) is 54.2 Å². The molecule has 0 aromatic carbocycles. The third kappa shape index (κ3) is 2.87. The van der Waals surface area contributed by atoms with Crippen LogP contribution in [0.25, 0.3) is 0 Å². The van der Waals surface area contributed by atoms with Crippen LogP contribution in [0.2, 0.25) is 0 Å². The van der Waals surface area contributed by atoms with Crippen LogP contribution in [0.3, 0.4) is 0 Å². The molecule has 6 nitrogen and oxygen atoms in total. The number of hydrogen-bond acceptors (Lipinski definition) is 5. The molecule has 2 aromatic heterocycles. The highest BCUT2D eigenvalue weighted by atomic mass is 15.3. The van der Waals surface area contributed by atoms with E-state index < -0.39 is 0 Å². The van der Waals surface area contributed by atoms with E-state index in [1.165, 1.54) is 48.2 Å². The van der Waals surface area contributed by atoms with Crippen LogP contribution in [0, 0.1) is 6.92 Å². The molecule has 0 N–H and O–H groups in total. The third-order valence-electron chi connectivity index (χ3n) is 6.57. The van der Waals surface area contributed by atoms with Gasteiger partial charge >= 0.3 is 0 Å². The van der Waals surface area contributed by atoms with Gasteiger partial charge < -0.3 is 4.90 Å². The van der Waals surface area contributed by atoms with E-state index >= 15 is 0 Å². The molecular formula is C21H28N6. The number of allylic oxidation sites excluding steroid dienone is 1. The van der Waals surface area contributed by atoms with E-state index in [2.05, 4.69) is 34.6 Å². The van der Waals surface area contributed by atoms with Crippen LogP contribution in [0.15, 0.2) is 25.0 Å². The minimum absolute atomic E-state index is 0.452. The summed E-state index contributed by atoms with van der Waals surface area (Å²) in [5.74, 6) is 0.945. The molecule has 2 fully saturated rings. The summed E-state index contributed by atoms with van der Waals surface area (Å²) >= 11 is 0. The first kappa shape index (κ1) is 16.9. The van der Waals surface area contributed by atoms with Crippen LogP contribution in [-0.4, -0.2) is 43.8 Å². The number of hydrogen-bond donors (Lipinski definition) is 0. The maximum Gasteiger partial charge on any atom is 0.225 e. The molecule has 2 saturated heterocycles. The number of aromatic nitrogens is 4. The number of anilines is 1. The van der Waals surface area contributed by atoms with Crippen LogP contribution in [-0.2, 0) is 19.5 Å². The molecule has 0 aliphatic carbocycles. The smallest absolute Gasteiger partial charge is 0.225 e. The van der Waals surface area contributed by atoms with Gasteiger partial charge in [-0.15, -0.1) is 6.58 Å². The molecule has 6 heteroatoms. The Kier molecular flexibility index (Phi) is 4.23. The highest BCUT2D eigenvalue weighted by molar-refractivity contribution is 5.38. The number of fused-ring (bicyclic) bond motifs is 4. The molecule has 27 heavy (non-hydrogen) atoms. The van der Waals surface area contributed by atoms with E-state index in [0.29, 0.717) is 12.1 Å². The lowest BCUT2D eigenvalue weighted by Crippen LogP contribution is -2.38. The van der Waals surface area contributed by atoms with Gasteiger partial charge in [-0.2, -0.15) is 5.10 Å². The fourth-order valence-corrected chi connectivity index (χ4v) is 5.02. The van der Waals surface area contributed by atoms with Crippen molar-refractivity contribution in [1.82, 2.24) is 24.6 Å². The van der Waals surface area contributed by atoms with Crippen LogP contribution < -0.4 is 4.90 Å². The van der Waals surface area contributed by atoms with Gasteiger partial charge in [-0.1, -0.05) is 6.08 Å². The Morgan fingerprint density at radius 3 is 2.89 bits per heavy atom. The van der Waals surface area contributed by atoms with Crippen molar-refractivity contribution in [2.24, 2.45) is 0 Å².